The predicted octanol–water partition coefficient (Wildman–Crippen LogP) is 4.40. The summed E-state index contributed by atoms with van der Waals surface area (Å²) in [6, 6.07) is 10.4. The Hall–Kier alpha value is -1.78. The van der Waals surface area contributed by atoms with E-state index in [1.54, 1.807) is 36.4 Å². The van der Waals surface area contributed by atoms with Gasteiger partial charge in [-0.3, -0.25) is 0 Å². The van der Waals surface area contributed by atoms with Gasteiger partial charge in [0.15, 0.2) is 0 Å². The van der Waals surface area contributed by atoms with Crippen LogP contribution >= 0.6 is 23.2 Å². The predicted molar refractivity (Wildman–Crippen MR) is 92.0 cm³/mol. The average molecular weight is 341 g/mol. The van der Waals surface area contributed by atoms with Crippen LogP contribution < -0.4 is 20.9 Å². The molecule has 0 radical (unpaired) electrons. The van der Waals surface area contributed by atoms with E-state index in [1.165, 1.54) is 0 Å². The summed E-state index contributed by atoms with van der Waals surface area (Å²) < 4.78 is 11.2. The highest BCUT2D eigenvalue weighted by Crippen LogP contribution is 2.26. The number of benzene rings is 2. The summed E-state index contributed by atoms with van der Waals surface area (Å²) in [5.74, 6) is 1.29. The van der Waals surface area contributed by atoms with E-state index in [0.29, 0.717) is 46.1 Å². The Morgan fingerprint density at radius 3 is 1.50 bits per heavy atom. The first-order chi connectivity index (χ1) is 10.6. The highest BCUT2D eigenvalue weighted by Gasteiger charge is 2.02. The number of unbranched alkanes of at least 4 members (excludes halogenated alkanes) is 1. The molecule has 0 aliphatic rings. The summed E-state index contributed by atoms with van der Waals surface area (Å²) in [5, 5.41) is 1.19. The van der Waals surface area contributed by atoms with Crippen molar-refractivity contribution >= 4 is 34.6 Å². The van der Waals surface area contributed by atoms with Crippen molar-refractivity contribution in [3.05, 3.63) is 46.4 Å². The Morgan fingerprint density at radius 1 is 0.727 bits per heavy atom. The number of nitrogen functional groups attached to an aromatic ring is 2. The molecule has 2 aromatic rings. The van der Waals surface area contributed by atoms with E-state index in [9.17, 15) is 0 Å². The number of anilines is 2. The topological polar surface area (TPSA) is 70.5 Å². The highest BCUT2D eigenvalue weighted by atomic mass is 35.5. The summed E-state index contributed by atoms with van der Waals surface area (Å²) in [6.07, 6.45) is 1.69. The average Bonchev–Trinajstić information content (AvgIpc) is 2.46. The summed E-state index contributed by atoms with van der Waals surface area (Å²) in [4.78, 5) is 0. The third-order valence-corrected chi connectivity index (χ3v) is 3.47. The largest absolute Gasteiger partial charge is 0.491 e. The molecule has 2 aromatic carbocycles. The second kappa shape index (κ2) is 8.01. The van der Waals surface area contributed by atoms with E-state index in [0.717, 1.165) is 12.8 Å². The Kier molecular flexibility index (Phi) is 6.04. The summed E-state index contributed by atoms with van der Waals surface area (Å²) in [7, 11) is 0. The van der Waals surface area contributed by atoms with Gasteiger partial charge < -0.3 is 20.9 Å². The van der Waals surface area contributed by atoms with Gasteiger partial charge in [-0.1, -0.05) is 23.2 Å². The van der Waals surface area contributed by atoms with Gasteiger partial charge in [0.25, 0.3) is 0 Å². The number of rotatable bonds is 7. The van der Waals surface area contributed by atoms with Gasteiger partial charge in [-0.15, -0.1) is 0 Å². The first-order valence-electron chi connectivity index (χ1n) is 6.92. The fourth-order valence-corrected chi connectivity index (χ4v) is 2.23. The van der Waals surface area contributed by atoms with Crippen LogP contribution in [0.1, 0.15) is 12.8 Å². The smallest absolute Gasteiger partial charge is 0.142 e. The van der Waals surface area contributed by atoms with E-state index in [2.05, 4.69) is 0 Å². The van der Waals surface area contributed by atoms with Gasteiger partial charge in [0, 0.05) is 10.0 Å². The van der Waals surface area contributed by atoms with Crippen LogP contribution in [0.3, 0.4) is 0 Å². The lowest BCUT2D eigenvalue weighted by Gasteiger charge is -2.10. The second-order valence-electron chi connectivity index (χ2n) is 4.77. The molecule has 0 saturated carbocycles. The minimum absolute atomic E-state index is 0.540. The molecular weight excluding hydrogens is 323 g/mol. The first-order valence-corrected chi connectivity index (χ1v) is 7.67. The fraction of sp³-hybridized carbons (Fsp3) is 0.250. The maximum Gasteiger partial charge on any atom is 0.142 e. The van der Waals surface area contributed by atoms with Crippen LogP contribution in [0.5, 0.6) is 11.5 Å². The van der Waals surface area contributed by atoms with Crippen LogP contribution in [0.25, 0.3) is 0 Å². The standard InChI is InChI=1S/C16H18Cl2N2O2/c17-11-3-5-15(13(19)9-11)21-7-1-2-8-22-16-6-4-12(18)10-14(16)20/h3-6,9-10H,1-2,7-8,19-20H2. The van der Waals surface area contributed by atoms with E-state index in [1.807, 2.05) is 0 Å². The lowest BCUT2D eigenvalue weighted by atomic mass is 10.3. The highest BCUT2D eigenvalue weighted by molar-refractivity contribution is 6.31. The van der Waals surface area contributed by atoms with E-state index in [-0.39, 0.29) is 0 Å². The van der Waals surface area contributed by atoms with Gasteiger partial charge in [-0.05, 0) is 49.2 Å². The van der Waals surface area contributed by atoms with Crippen LogP contribution in [0.4, 0.5) is 11.4 Å². The van der Waals surface area contributed by atoms with E-state index in [4.69, 9.17) is 44.1 Å². The molecular formula is C16H18Cl2N2O2. The monoisotopic (exact) mass is 340 g/mol. The molecule has 0 atom stereocenters. The quantitative estimate of drug-likeness (QED) is 0.579. The van der Waals surface area contributed by atoms with Gasteiger partial charge in [-0.25, -0.2) is 0 Å². The van der Waals surface area contributed by atoms with Crippen molar-refractivity contribution in [3.8, 4) is 11.5 Å². The molecule has 2 rings (SSSR count). The summed E-state index contributed by atoms with van der Waals surface area (Å²) in [6.45, 7) is 1.12. The van der Waals surface area contributed by atoms with E-state index < -0.39 is 0 Å². The van der Waals surface area contributed by atoms with Gasteiger partial charge in [-0.2, -0.15) is 0 Å². The van der Waals surface area contributed by atoms with Crippen molar-refractivity contribution in [1.82, 2.24) is 0 Å². The van der Waals surface area contributed by atoms with Crippen molar-refractivity contribution < 1.29 is 9.47 Å². The maximum absolute atomic E-state index is 5.83. The second-order valence-corrected chi connectivity index (χ2v) is 5.64. The SMILES string of the molecule is Nc1cc(Cl)ccc1OCCCCOc1ccc(Cl)cc1N. The van der Waals surface area contributed by atoms with Gasteiger partial charge >= 0.3 is 0 Å². The summed E-state index contributed by atoms with van der Waals surface area (Å²) >= 11 is 11.7. The van der Waals surface area contributed by atoms with Crippen LogP contribution in [-0.2, 0) is 0 Å². The molecule has 0 aliphatic carbocycles. The first kappa shape index (κ1) is 16.6. The molecule has 0 bridgehead atoms. The molecule has 0 heterocycles. The van der Waals surface area contributed by atoms with Gasteiger partial charge in [0.1, 0.15) is 11.5 Å². The number of halogens is 2. The third-order valence-electron chi connectivity index (χ3n) is 3.00. The van der Waals surface area contributed by atoms with Crippen LogP contribution in [-0.4, -0.2) is 13.2 Å². The molecule has 0 aliphatic heterocycles. The number of hydrogen-bond donors (Lipinski definition) is 2. The molecule has 0 amide bonds. The number of hydrogen-bond acceptors (Lipinski definition) is 4. The van der Waals surface area contributed by atoms with Crippen molar-refractivity contribution in [2.24, 2.45) is 0 Å². The zero-order valence-corrected chi connectivity index (χ0v) is 13.5. The lowest BCUT2D eigenvalue weighted by molar-refractivity contribution is 0.268. The van der Waals surface area contributed by atoms with E-state index >= 15 is 0 Å². The molecule has 0 fully saturated rings. The van der Waals surface area contributed by atoms with Gasteiger partial charge in [0.2, 0.25) is 0 Å². The Labute approximate surface area is 139 Å². The molecule has 0 unspecified atom stereocenters. The van der Waals surface area contributed by atoms with Crippen molar-refractivity contribution in [3.63, 3.8) is 0 Å². The minimum atomic E-state index is 0.540. The maximum atomic E-state index is 5.83. The molecule has 0 saturated heterocycles. The van der Waals surface area contributed by atoms with Crippen molar-refractivity contribution in [1.29, 1.82) is 0 Å². The Balaban J connectivity index is 1.67. The molecule has 6 heteroatoms. The Bertz CT molecular complexity index is 580. The zero-order chi connectivity index (χ0) is 15.9. The molecule has 4 nitrogen and oxygen atoms in total. The van der Waals surface area contributed by atoms with Crippen molar-refractivity contribution in [2.45, 2.75) is 12.8 Å². The molecule has 118 valence electrons. The number of nitrogens with two attached hydrogens (primary N) is 2. The number of ether oxygens (including phenoxy) is 2. The normalized spacial score (nSPS) is 10.5. The molecule has 22 heavy (non-hydrogen) atoms. The minimum Gasteiger partial charge on any atom is -0.491 e. The van der Waals surface area contributed by atoms with Crippen molar-refractivity contribution in [2.75, 3.05) is 24.7 Å². The van der Waals surface area contributed by atoms with Crippen LogP contribution in [0.2, 0.25) is 10.0 Å². The fourth-order valence-electron chi connectivity index (χ4n) is 1.87. The van der Waals surface area contributed by atoms with Crippen LogP contribution in [0.15, 0.2) is 36.4 Å². The summed E-state index contributed by atoms with van der Waals surface area (Å²) in [5.41, 5.74) is 12.7. The zero-order valence-electron chi connectivity index (χ0n) is 12.0. The third kappa shape index (κ3) is 4.90. The molecule has 0 spiro atoms. The molecule has 4 N–H and O–H groups in total. The van der Waals surface area contributed by atoms with Crippen LogP contribution in [0, 0.1) is 0 Å². The Morgan fingerprint density at radius 2 is 1.14 bits per heavy atom. The molecule has 0 aromatic heterocycles. The lowest BCUT2D eigenvalue weighted by Crippen LogP contribution is -2.04. The van der Waals surface area contributed by atoms with Gasteiger partial charge in [0.05, 0.1) is 24.6 Å².